The topological polar surface area (TPSA) is 162 Å². The second kappa shape index (κ2) is 10.5. The van der Waals surface area contributed by atoms with Crippen LogP contribution in [-0.4, -0.2) is 99.2 Å². The van der Waals surface area contributed by atoms with E-state index in [0.29, 0.717) is 30.9 Å². The van der Waals surface area contributed by atoms with Crippen molar-refractivity contribution in [3.05, 3.63) is 0 Å². The zero-order chi connectivity index (χ0) is 26.8. The molecule has 5 amide bonds. The van der Waals surface area contributed by atoms with Gasteiger partial charge in [0, 0.05) is 19.6 Å². The van der Waals surface area contributed by atoms with Gasteiger partial charge in [-0.05, 0) is 60.8 Å². The van der Waals surface area contributed by atoms with E-state index in [1.807, 2.05) is 0 Å². The van der Waals surface area contributed by atoms with E-state index in [9.17, 15) is 24.4 Å². The summed E-state index contributed by atoms with van der Waals surface area (Å²) in [7, 11) is 0. The molecule has 0 aromatic heterocycles. The van der Waals surface area contributed by atoms with Crippen LogP contribution in [0, 0.1) is 0 Å². The number of nitrogens with one attached hydrogen (secondary N) is 2. The van der Waals surface area contributed by atoms with E-state index in [1.165, 1.54) is 4.90 Å². The molecule has 3 atom stereocenters. The lowest BCUT2D eigenvalue weighted by atomic mass is 10.0. The Balaban J connectivity index is 1.59. The van der Waals surface area contributed by atoms with E-state index in [4.69, 9.17) is 14.3 Å². The Morgan fingerprint density at radius 1 is 1.00 bits per heavy atom. The van der Waals surface area contributed by atoms with E-state index in [-0.39, 0.29) is 25.1 Å². The molecular formula is C22H36N6O8. The zero-order valence-corrected chi connectivity index (χ0v) is 21.6. The largest absolute Gasteiger partial charge is 0.444 e. The molecule has 3 N–H and O–H groups in total. The molecule has 3 aliphatic heterocycles. The Kier molecular flexibility index (Phi) is 7.98. The number of carbonyl (C=O) groups is 4. The highest BCUT2D eigenvalue weighted by Gasteiger charge is 2.47. The number of fused-ring (bicyclic) bond motifs is 2. The lowest BCUT2D eigenvalue weighted by Crippen LogP contribution is -2.50. The first kappa shape index (κ1) is 27.5. The molecule has 3 rings (SSSR count). The van der Waals surface area contributed by atoms with Crippen LogP contribution in [0.25, 0.3) is 0 Å². The third-order valence-corrected chi connectivity index (χ3v) is 5.62. The van der Waals surface area contributed by atoms with E-state index in [2.05, 4.69) is 15.8 Å². The normalized spacial score (nSPS) is 24.6. The minimum atomic E-state index is -0.880. The SMILES string of the molecule is CC(C)(C)OC(=O)/N=C(\NC(=O)OC(C)(C)C)N1CC[C@H](ONC(=O)[C@@H]2CC[C@H]3CN2C(=O)N3O)C1. The highest BCUT2D eigenvalue weighted by molar-refractivity contribution is 5.99. The van der Waals surface area contributed by atoms with E-state index >= 15 is 0 Å². The first-order valence-electron chi connectivity index (χ1n) is 11.9. The number of ether oxygens (including phenoxy) is 2. The lowest BCUT2D eigenvalue weighted by molar-refractivity contribution is -0.143. The van der Waals surface area contributed by atoms with Crippen molar-refractivity contribution in [2.75, 3.05) is 19.6 Å². The maximum Gasteiger partial charge on any atom is 0.437 e. The first-order chi connectivity index (χ1) is 16.6. The van der Waals surface area contributed by atoms with Crippen molar-refractivity contribution in [1.29, 1.82) is 0 Å². The summed E-state index contributed by atoms with van der Waals surface area (Å²) in [5.41, 5.74) is 0.877. The zero-order valence-electron chi connectivity index (χ0n) is 21.6. The molecule has 3 aliphatic rings. The fourth-order valence-corrected chi connectivity index (χ4v) is 4.09. The fourth-order valence-electron chi connectivity index (χ4n) is 4.09. The van der Waals surface area contributed by atoms with Gasteiger partial charge in [0.05, 0.1) is 6.04 Å². The molecule has 0 aromatic rings. The number of piperidine rings is 1. The number of amides is 5. The third kappa shape index (κ3) is 7.20. The number of likely N-dealkylation sites (tertiary alicyclic amines) is 1. The summed E-state index contributed by atoms with van der Waals surface area (Å²) < 4.78 is 10.5. The quantitative estimate of drug-likeness (QED) is 0.220. The van der Waals surface area contributed by atoms with Crippen molar-refractivity contribution in [2.45, 2.75) is 90.2 Å². The third-order valence-electron chi connectivity index (χ3n) is 5.62. The van der Waals surface area contributed by atoms with Crippen LogP contribution in [0.15, 0.2) is 4.99 Å². The van der Waals surface area contributed by atoms with Gasteiger partial charge in [-0.15, -0.1) is 4.99 Å². The van der Waals surface area contributed by atoms with Gasteiger partial charge in [0.2, 0.25) is 5.96 Å². The Morgan fingerprint density at radius 2 is 1.67 bits per heavy atom. The Bertz CT molecular complexity index is 911. The van der Waals surface area contributed by atoms with Crippen LogP contribution < -0.4 is 10.8 Å². The van der Waals surface area contributed by atoms with Gasteiger partial charge in [-0.1, -0.05) is 0 Å². The monoisotopic (exact) mass is 512 g/mol. The molecule has 0 spiro atoms. The van der Waals surface area contributed by atoms with Crippen molar-refractivity contribution in [3.63, 3.8) is 0 Å². The number of rotatable bonds is 3. The number of urea groups is 1. The highest BCUT2D eigenvalue weighted by atomic mass is 16.7. The maximum absolute atomic E-state index is 12.7. The molecule has 0 unspecified atom stereocenters. The minimum Gasteiger partial charge on any atom is -0.444 e. The average molecular weight is 513 g/mol. The summed E-state index contributed by atoms with van der Waals surface area (Å²) in [6.07, 6.45) is -0.760. The van der Waals surface area contributed by atoms with Crippen molar-refractivity contribution in [2.24, 2.45) is 4.99 Å². The molecule has 3 saturated heterocycles. The van der Waals surface area contributed by atoms with Gasteiger partial charge in [0.25, 0.3) is 5.91 Å². The van der Waals surface area contributed by atoms with Crippen LogP contribution in [0.1, 0.15) is 60.8 Å². The standard InChI is InChI=1S/C22H36N6O8/c1-21(2,3)34-18(30)23-17(24-19(31)35-22(4,5)6)26-10-9-14(12-26)36-25-16(29)15-8-7-13-11-27(15)20(32)28(13)33/h13-15,33H,7-12H2,1-6H3,(H,25,29)(H,23,24,30,31)/t13-,14-,15-/m0/s1. The molecule has 2 bridgehead atoms. The number of hydroxylamine groups is 3. The Morgan fingerprint density at radius 3 is 2.31 bits per heavy atom. The van der Waals surface area contributed by atoms with Crippen LogP contribution in [0.3, 0.4) is 0 Å². The van der Waals surface area contributed by atoms with Gasteiger partial charge in [0.1, 0.15) is 23.3 Å². The predicted molar refractivity (Wildman–Crippen MR) is 125 cm³/mol. The Labute approximate surface area is 209 Å². The van der Waals surface area contributed by atoms with Gasteiger partial charge in [-0.25, -0.2) is 24.9 Å². The Hall–Kier alpha value is -3.13. The molecule has 14 heteroatoms. The summed E-state index contributed by atoms with van der Waals surface area (Å²) in [4.78, 5) is 61.8. The molecule has 14 nitrogen and oxygen atoms in total. The highest BCUT2D eigenvalue weighted by Crippen LogP contribution is 2.28. The minimum absolute atomic E-state index is 0.0556. The second-order valence-corrected chi connectivity index (χ2v) is 11.0. The van der Waals surface area contributed by atoms with Crippen molar-refractivity contribution in [1.82, 2.24) is 25.7 Å². The van der Waals surface area contributed by atoms with Crippen LogP contribution in [-0.2, 0) is 19.1 Å². The van der Waals surface area contributed by atoms with E-state index in [1.54, 1.807) is 46.4 Å². The first-order valence-corrected chi connectivity index (χ1v) is 11.9. The number of carbonyl (C=O) groups excluding carboxylic acids is 4. The molecule has 0 radical (unpaired) electrons. The summed E-state index contributed by atoms with van der Waals surface area (Å²) in [5.74, 6) is -0.537. The average Bonchev–Trinajstić information content (AvgIpc) is 3.29. The number of alkyl carbamates (subject to hydrolysis) is 1. The van der Waals surface area contributed by atoms with Gasteiger partial charge >= 0.3 is 18.2 Å². The van der Waals surface area contributed by atoms with Crippen molar-refractivity contribution >= 4 is 30.1 Å². The van der Waals surface area contributed by atoms with Gasteiger partial charge in [0.15, 0.2) is 0 Å². The maximum atomic E-state index is 12.7. The number of aliphatic imine (C=N–C) groups is 1. The summed E-state index contributed by atoms with van der Waals surface area (Å²) in [6.45, 7) is 11.1. The second-order valence-electron chi connectivity index (χ2n) is 11.0. The van der Waals surface area contributed by atoms with Gasteiger partial charge in [-0.2, -0.15) is 0 Å². The molecule has 202 valence electrons. The van der Waals surface area contributed by atoms with Crippen molar-refractivity contribution in [3.8, 4) is 0 Å². The van der Waals surface area contributed by atoms with E-state index in [0.717, 1.165) is 0 Å². The van der Waals surface area contributed by atoms with Crippen LogP contribution >= 0.6 is 0 Å². The molecule has 0 saturated carbocycles. The summed E-state index contributed by atoms with van der Waals surface area (Å²) in [6, 6.07) is -1.63. The molecule has 0 aromatic carbocycles. The molecule has 3 heterocycles. The molecule has 0 aliphatic carbocycles. The summed E-state index contributed by atoms with van der Waals surface area (Å²) in [5, 5.41) is 13.0. The van der Waals surface area contributed by atoms with Crippen molar-refractivity contribution < 1.29 is 38.7 Å². The van der Waals surface area contributed by atoms with Crippen LogP contribution in [0.4, 0.5) is 14.4 Å². The van der Waals surface area contributed by atoms with Gasteiger partial charge in [-0.3, -0.25) is 20.2 Å². The summed E-state index contributed by atoms with van der Waals surface area (Å²) >= 11 is 0. The van der Waals surface area contributed by atoms with E-state index < -0.39 is 47.5 Å². The van der Waals surface area contributed by atoms with Crippen LogP contribution in [0.5, 0.6) is 0 Å². The smallest absolute Gasteiger partial charge is 0.437 e. The predicted octanol–water partition coefficient (Wildman–Crippen LogP) is 1.58. The van der Waals surface area contributed by atoms with Crippen LogP contribution in [0.2, 0.25) is 0 Å². The fraction of sp³-hybridized carbons (Fsp3) is 0.773. The molecular weight excluding hydrogens is 476 g/mol. The number of hydrogen-bond donors (Lipinski definition) is 3. The lowest BCUT2D eigenvalue weighted by Gasteiger charge is -2.29. The number of hydrogen-bond acceptors (Lipinski definition) is 8. The molecule has 36 heavy (non-hydrogen) atoms. The number of guanidine groups is 1. The molecule has 3 fully saturated rings. The van der Waals surface area contributed by atoms with Gasteiger partial charge < -0.3 is 19.3 Å². The number of nitrogens with zero attached hydrogens (tertiary/aromatic N) is 4.